The molecule has 12 heavy (non-hydrogen) atoms. The highest BCUT2D eigenvalue weighted by atomic mass is 35.5. The zero-order valence-corrected chi connectivity index (χ0v) is 7.71. The second-order valence-electron chi connectivity index (χ2n) is 2.28. The van der Waals surface area contributed by atoms with Crippen LogP contribution >= 0.6 is 12.4 Å². The summed E-state index contributed by atoms with van der Waals surface area (Å²) in [4.78, 5) is 0. The molecular formula is C6H13ClF3NO. The van der Waals surface area contributed by atoms with Gasteiger partial charge in [-0.05, 0) is 13.8 Å². The molecule has 0 aliphatic heterocycles. The van der Waals surface area contributed by atoms with Gasteiger partial charge in [-0.15, -0.1) is 12.4 Å². The fourth-order valence-electron chi connectivity index (χ4n) is 0.724. The summed E-state index contributed by atoms with van der Waals surface area (Å²) in [6.45, 7) is 2.79. The topological polar surface area (TPSA) is 35.2 Å². The second kappa shape index (κ2) is 5.61. The summed E-state index contributed by atoms with van der Waals surface area (Å²) in [6, 6.07) is -1.02. The Kier molecular flexibility index (Phi) is 6.79. The van der Waals surface area contributed by atoms with Crippen molar-refractivity contribution in [3.63, 3.8) is 0 Å². The highest BCUT2D eigenvalue weighted by molar-refractivity contribution is 5.85. The number of ether oxygens (including phenoxy) is 1. The van der Waals surface area contributed by atoms with Crippen molar-refractivity contribution in [1.29, 1.82) is 0 Å². The van der Waals surface area contributed by atoms with Crippen molar-refractivity contribution in [3.8, 4) is 0 Å². The fourth-order valence-corrected chi connectivity index (χ4v) is 0.724. The summed E-state index contributed by atoms with van der Waals surface area (Å²) in [7, 11) is 0. The fraction of sp³-hybridized carbons (Fsp3) is 1.00. The second-order valence-corrected chi connectivity index (χ2v) is 2.28. The highest BCUT2D eigenvalue weighted by Gasteiger charge is 2.42. The van der Waals surface area contributed by atoms with E-state index in [-0.39, 0.29) is 19.0 Å². The van der Waals surface area contributed by atoms with Crippen molar-refractivity contribution in [3.05, 3.63) is 0 Å². The van der Waals surface area contributed by atoms with Gasteiger partial charge in [-0.2, -0.15) is 13.2 Å². The molecule has 0 radical (unpaired) electrons. The lowest BCUT2D eigenvalue weighted by molar-refractivity contribution is -0.223. The molecule has 6 heteroatoms. The summed E-state index contributed by atoms with van der Waals surface area (Å²) < 4.78 is 40.3. The van der Waals surface area contributed by atoms with Crippen LogP contribution in [0.4, 0.5) is 13.2 Å². The number of nitrogens with two attached hydrogens (primary N) is 1. The molecule has 0 saturated carbocycles. The molecule has 0 bridgehead atoms. The lowest BCUT2D eigenvalue weighted by Gasteiger charge is -2.22. The number of hydrogen-bond donors (Lipinski definition) is 1. The lowest BCUT2D eigenvalue weighted by Crippen LogP contribution is -2.45. The first-order valence-corrected chi connectivity index (χ1v) is 3.33. The van der Waals surface area contributed by atoms with E-state index >= 15 is 0 Å². The SMILES string of the molecule is CCOC(C(C)N)C(F)(F)F.Cl. The van der Waals surface area contributed by atoms with E-state index in [1.165, 1.54) is 13.8 Å². The smallest absolute Gasteiger partial charge is 0.367 e. The molecule has 0 fully saturated rings. The maximum atomic E-state index is 12.0. The lowest BCUT2D eigenvalue weighted by atomic mass is 10.2. The average Bonchev–Trinajstić information content (AvgIpc) is 1.79. The predicted molar refractivity (Wildman–Crippen MR) is 42.4 cm³/mol. The molecule has 2 nitrogen and oxygen atoms in total. The van der Waals surface area contributed by atoms with Crippen molar-refractivity contribution in [2.75, 3.05) is 6.61 Å². The zero-order valence-electron chi connectivity index (χ0n) is 6.89. The standard InChI is InChI=1S/C6H12F3NO.ClH/c1-3-11-5(4(2)10)6(7,8)9;/h4-5H,3,10H2,1-2H3;1H. The van der Waals surface area contributed by atoms with E-state index in [4.69, 9.17) is 5.73 Å². The molecule has 2 unspecified atom stereocenters. The van der Waals surface area contributed by atoms with Gasteiger partial charge in [-0.1, -0.05) is 0 Å². The van der Waals surface area contributed by atoms with Gasteiger partial charge in [-0.3, -0.25) is 0 Å². The molecule has 2 N–H and O–H groups in total. The van der Waals surface area contributed by atoms with Gasteiger partial charge in [0.1, 0.15) is 0 Å². The molecule has 0 saturated heterocycles. The third kappa shape index (κ3) is 4.79. The molecule has 0 spiro atoms. The highest BCUT2D eigenvalue weighted by Crippen LogP contribution is 2.24. The van der Waals surface area contributed by atoms with Gasteiger partial charge in [0.2, 0.25) is 0 Å². The summed E-state index contributed by atoms with van der Waals surface area (Å²) in [5.41, 5.74) is 5.06. The monoisotopic (exact) mass is 207 g/mol. The molecule has 0 rings (SSSR count). The van der Waals surface area contributed by atoms with E-state index < -0.39 is 18.3 Å². The predicted octanol–water partition coefficient (Wildman–Crippen LogP) is 1.72. The van der Waals surface area contributed by atoms with Crippen molar-refractivity contribution < 1.29 is 17.9 Å². The van der Waals surface area contributed by atoms with Crippen molar-refractivity contribution in [1.82, 2.24) is 0 Å². The summed E-state index contributed by atoms with van der Waals surface area (Å²) in [6.07, 6.45) is -6.20. The molecule has 0 amide bonds. The van der Waals surface area contributed by atoms with Gasteiger partial charge in [0.15, 0.2) is 6.10 Å². The molecule has 0 aromatic rings. The maximum absolute atomic E-state index is 12.0. The molecule has 0 heterocycles. The Labute approximate surface area is 75.7 Å². The van der Waals surface area contributed by atoms with Gasteiger partial charge >= 0.3 is 6.18 Å². The minimum atomic E-state index is -4.36. The average molecular weight is 208 g/mol. The van der Waals surface area contributed by atoms with Crippen molar-refractivity contribution >= 4 is 12.4 Å². The zero-order chi connectivity index (χ0) is 9.07. The van der Waals surface area contributed by atoms with Crippen LogP contribution in [0.3, 0.4) is 0 Å². The minimum Gasteiger partial charge on any atom is -0.367 e. The quantitative estimate of drug-likeness (QED) is 0.765. The van der Waals surface area contributed by atoms with Crippen LogP contribution < -0.4 is 5.73 Å². The van der Waals surface area contributed by atoms with Crippen molar-refractivity contribution in [2.24, 2.45) is 5.73 Å². The van der Waals surface area contributed by atoms with E-state index in [1.807, 2.05) is 0 Å². The first-order valence-electron chi connectivity index (χ1n) is 3.33. The molecule has 2 atom stereocenters. The minimum absolute atomic E-state index is 0. The third-order valence-corrected chi connectivity index (χ3v) is 1.15. The van der Waals surface area contributed by atoms with E-state index in [0.717, 1.165) is 0 Å². The largest absolute Gasteiger partial charge is 0.416 e. The molecule has 0 aromatic carbocycles. The summed E-state index contributed by atoms with van der Waals surface area (Å²) in [5, 5.41) is 0. The maximum Gasteiger partial charge on any atom is 0.416 e. The Morgan fingerprint density at radius 1 is 1.42 bits per heavy atom. The van der Waals surface area contributed by atoms with Crippen LogP contribution in [0.15, 0.2) is 0 Å². The summed E-state index contributed by atoms with van der Waals surface area (Å²) in [5.74, 6) is 0. The molecule has 0 aliphatic carbocycles. The van der Waals surface area contributed by atoms with Crippen molar-refractivity contribution in [2.45, 2.75) is 32.2 Å². The number of hydrogen-bond acceptors (Lipinski definition) is 2. The van der Waals surface area contributed by atoms with Gasteiger partial charge in [0.05, 0.1) is 0 Å². The normalized spacial score (nSPS) is 16.5. The third-order valence-electron chi connectivity index (χ3n) is 1.15. The van der Waals surface area contributed by atoms with E-state index in [9.17, 15) is 13.2 Å². The number of rotatable bonds is 3. The van der Waals surface area contributed by atoms with Crippen LogP contribution in [0, 0.1) is 0 Å². The Balaban J connectivity index is 0. The summed E-state index contributed by atoms with van der Waals surface area (Å²) >= 11 is 0. The first kappa shape index (κ1) is 14.5. The van der Waals surface area contributed by atoms with Crippen LogP contribution in [-0.4, -0.2) is 24.9 Å². The Bertz CT molecular complexity index is 118. The Morgan fingerprint density at radius 3 is 1.92 bits per heavy atom. The van der Waals surface area contributed by atoms with E-state index in [1.54, 1.807) is 0 Å². The molecule has 76 valence electrons. The van der Waals surface area contributed by atoms with Gasteiger partial charge < -0.3 is 10.5 Å². The van der Waals surface area contributed by atoms with Crippen LogP contribution in [-0.2, 0) is 4.74 Å². The van der Waals surface area contributed by atoms with Gasteiger partial charge in [0, 0.05) is 12.6 Å². The number of halogens is 4. The molecule has 0 aliphatic rings. The number of alkyl halides is 3. The van der Waals surface area contributed by atoms with Crippen LogP contribution in [0.25, 0.3) is 0 Å². The van der Waals surface area contributed by atoms with Gasteiger partial charge in [-0.25, -0.2) is 0 Å². The van der Waals surface area contributed by atoms with E-state index in [0.29, 0.717) is 0 Å². The Morgan fingerprint density at radius 2 is 1.83 bits per heavy atom. The van der Waals surface area contributed by atoms with Gasteiger partial charge in [0.25, 0.3) is 0 Å². The Hall–Kier alpha value is -0.0000000000000000555. The van der Waals surface area contributed by atoms with Crippen LogP contribution in [0.2, 0.25) is 0 Å². The molecule has 0 aromatic heterocycles. The van der Waals surface area contributed by atoms with E-state index in [2.05, 4.69) is 4.74 Å². The molecular weight excluding hydrogens is 195 g/mol. The van der Waals surface area contributed by atoms with Crippen LogP contribution in [0.1, 0.15) is 13.8 Å². The van der Waals surface area contributed by atoms with Crippen LogP contribution in [0.5, 0.6) is 0 Å². The first-order chi connectivity index (χ1) is 4.89.